The van der Waals surface area contributed by atoms with Gasteiger partial charge in [0.25, 0.3) is 5.91 Å². The van der Waals surface area contributed by atoms with Crippen LogP contribution in [0, 0.1) is 5.92 Å². The minimum absolute atomic E-state index is 0.173. The van der Waals surface area contributed by atoms with Gasteiger partial charge in [0, 0.05) is 25.7 Å². The highest BCUT2D eigenvalue weighted by Gasteiger charge is 2.31. The molecule has 1 unspecified atom stereocenters. The molecule has 1 N–H and O–H groups in total. The van der Waals surface area contributed by atoms with Crippen molar-refractivity contribution in [2.75, 3.05) is 19.6 Å². The van der Waals surface area contributed by atoms with Crippen LogP contribution in [-0.4, -0.2) is 41.3 Å². The average molecular weight is 239 g/mol. The molecule has 0 radical (unpaired) electrons. The molecule has 0 aromatic rings. The maximum absolute atomic E-state index is 11.6. The number of alkyl halides is 2. The average Bonchev–Trinajstić information content (AvgIpc) is 2.16. The topological polar surface area (TPSA) is 32.3 Å². The minimum Gasteiger partial charge on any atom is -0.335 e. The van der Waals surface area contributed by atoms with Crippen molar-refractivity contribution in [3.63, 3.8) is 0 Å². The molecule has 0 saturated carbocycles. The molecule has 1 saturated heterocycles. The first-order valence-electron chi connectivity index (χ1n) is 4.83. The molecule has 0 aromatic carbocycles. The number of amides is 1. The van der Waals surface area contributed by atoms with Gasteiger partial charge in [0.05, 0.1) is 0 Å². The molecule has 1 heterocycles. The zero-order valence-electron chi connectivity index (χ0n) is 8.46. The zero-order chi connectivity index (χ0) is 10.7. The van der Waals surface area contributed by atoms with Gasteiger partial charge in [0.2, 0.25) is 0 Å². The van der Waals surface area contributed by atoms with Crippen LogP contribution in [0.25, 0.3) is 0 Å². The number of nitrogens with one attached hydrogen (secondary N) is 1. The second-order valence-electron chi connectivity index (χ2n) is 3.85. The maximum atomic E-state index is 11.6. The second kappa shape index (κ2) is 5.19. The van der Waals surface area contributed by atoms with E-state index >= 15 is 0 Å². The monoisotopic (exact) mass is 238 g/mol. The van der Waals surface area contributed by atoms with Gasteiger partial charge in [-0.05, 0) is 5.92 Å². The van der Waals surface area contributed by atoms with Crippen LogP contribution in [0.15, 0.2) is 0 Å². The quantitative estimate of drug-likeness (QED) is 0.735. The summed E-state index contributed by atoms with van der Waals surface area (Å²) in [6.07, 6.45) is 0. The van der Waals surface area contributed by atoms with Crippen LogP contribution >= 0.6 is 23.2 Å². The predicted molar refractivity (Wildman–Crippen MR) is 58.7 cm³/mol. The summed E-state index contributed by atoms with van der Waals surface area (Å²) in [5.41, 5.74) is 0. The molecule has 0 bridgehead atoms. The van der Waals surface area contributed by atoms with E-state index in [4.69, 9.17) is 23.2 Å². The van der Waals surface area contributed by atoms with Crippen LogP contribution < -0.4 is 5.32 Å². The van der Waals surface area contributed by atoms with E-state index in [9.17, 15) is 4.79 Å². The summed E-state index contributed by atoms with van der Waals surface area (Å²) in [7, 11) is 0. The number of nitrogens with zero attached hydrogens (tertiary/aromatic N) is 1. The lowest BCUT2D eigenvalue weighted by atomic mass is 10.0. The Hall–Kier alpha value is 0.01000. The van der Waals surface area contributed by atoms with Gasteiger partial charge < -0.3 is 10.2 Å². The Bertz CT molecular complexity index is 209. The fraction of sp³-hybridized carbons (Fsp3) is 0.889. The van der Waals surface area contributed by atoms with Crippen LogP contribution in [0.4, 0.5) is 0 Å². The van der Waals surface area contributed by atoms with Crippen LogP contribution in [0.1, 0.15) is 13.8 Å². The highest BCUT2D eigenvalue weighted by molar-refractivity contribution is 6.53. The molecule has 1 rings (SSSR count). The first kappa shape index (κ1) is 12.1. The van der Waals surface area contributed by atoms with Crippen molar-refractivity contribution < 1.29 is 4.79 Å². The van der Waals surface area contributed by atoms with Crippen molar-refractivity contribution in [2.24, 2.45) is 5.92 Å². The Morgan fingerprint density at radius 2 is 2.14 bits per heavy atom. The summed E-state index contributed by atoms with van der Waals surface area (Å²) in [4.78, 5) is 12.5. The molecule has 1 aliphatic heterocycles. The van der Waals surface area contributed by atoms with Gasteiger partial charge in [-0.25, -0.2) is 0 Å². The lowest BCUT2D eigenvalue weighted by Crippen LogP contribution is -2.56. The van der Waals surface area contributed by atoms with Gasteiger partial charge in [-0.15, -0.1) is 0 Å². The van der Waals surface area contributed by atoms with Gasteiger partial charge >= 0.3 is 0 Å². The number of hydrogen-bond acceptors (Lipinski definition) is 2. The normalized spacial score (nSPS) is 23.3. The molecule has 1 fully saturated rings. The highest BCUT2D eigenvalue weighted by Crippen LogP contribution is 2.17. The van der Waals surface area contributed by atoms with E-state index in [1.54, 1.807) is 4.90 Å². The molecular formula is C9H16Cl2N2O. The molecular weight excluding hydrogens is 223 g/mol. The number of carbonyl (C=O) groups is 1. The smallest absolute Gasteiger partial charge is 0.256 e. The molecule has 1 aliphatic rings. The number of piperazine rings is 1. The lowest BCUT2D eigenvalue weighted by Gasteiger charge is -2.38. The van der Waals surface area contributed by atoms with Crippen molar-refractivity contribution >= 4 is 29.1 Å². The van der Waals surface area contributed by atoms with E-state index in [1.807, 2.05) is 0 Å². The van der Waals surface area contributed by atoms with E-state index in [0.29, 0.717) is 12.5 Å². The van der Waals surface area contributed by atoms with Gasteiger partial charge in [-0.1, -0.05) is 37.0 Å². The Kier molecular flexibility index (Phi) is 4.48. The molecule has 5 heteroatoms. The summed E-state index contributed by atoms with van der Waals surface area (Å²) < 4.78 is 0. The first-order valence-corrected chi connectivity index (χ1v) is 5.70. The summed E-state index contributed by atoms with van der Waals surface area (Å²) >= 11 is 11.2. The Morgan fingerprint density at radius 3 is 2.64 bits per heavy atom. The van der Waals surface area contributed by atoms with Gasteiger partial charge in [-0.2, -0.15) is 0 Å². The predicted octanol–water partition coefficient (Wildman–Crippen LogP) is 1.25. The maximum Gasteiger partial charge on any atom is 0.256 e. The van der Waals surface area contributed by atoms with E-state index in [0.717, 1.165) is 13.1 Å². The van der Waals surface area contributed by atoms with Crippen LogP contribution in [0.5, 0.6) is 0 Å². The Labute approximate surface area is 94.7 Å². The lowest BCUT2D eigenvalue weighted by molar-refractivity contribution is -0.133. The van der Waals surface area contributed by atoms with Gasteiger partial charge in [0.15, 0.2) is 4.84 Å². The van der Waals surface area contributed by atoms with Crippen molar-refractivity contribution in [2.45, 2.75) is 24.7 Å². The molecule has 82 valence electrons. The van der Waals surface area contributed by atoms with Crippen molar-refractivity contribution in [3.05, 3.63) is 0 Å². The van der Waals surface area contributed by atoms with Crippen LogP contribution in [0.2, 0.25) is 0 Å². The minimum atomic E-state index is -0.936. The third kappa shape index (κ3) is 2.75. The van der Waals surface area contributed by atoms with Crippen LogP contribution in [0.3, 0.4) is 0 Å². The number of hydrogen-bond donors (Lipinski definition) is 1. The number of halogens is 2. The van der Waals surface area contributed by atoms with Gasteiger partial charge in [-0.3, -0.25) is 4.79 Å². The fourth-order valence-electron chi connectivity index (χ4n) is 1.72. The Morgan fingerprint density at radius 1 is 1.50 bits per heavy atom. The van der Waals surface area contributed by atoms with Crippen LogP contribution in [-0.2, 0) is 4.79 Å². The molecule has 3 nitrogen and oxygen atoms in total. The fourth-order valence-corrected chi connectivity index (χ4v) is 1.97. The van der Waals surface area contributed by atoms with E-state index < -0.39 is 4.84 Å². The van der Waals surface area contributed by atoms with E-state index in [1.165, 1.54) is 0 Å². The van der Waals surface area contributed by atoms with Crippen molar-refractivity contribution in [1.29, 1.82) is 0 Å². The summed E-state index contributed by atoms with van der Waals surface area (Å²) in [5.74, 6) is 0.243. The molecule has 0 spiro atoms. The molecule has 1 amide bonds. The highest BCUT2D eigenvalue weighted by atomic mass is 35.5. The van der Waals surface area contributed by atoms with Crippen molar-refractivity contribution in [3.8, 4) is 0 Å². The van der Waals surface area contributed by atoms with E-state index in [2.05, 4.69) is 19.2 Å². The largest absolute Gasteiger partial charge is 0.335 e. The second-order valence-corrected chi connectivity index (χ2v) is 4.94. The number of rotatable bonds is 2. The SMILES string of the molecule is CC(C)C1CNCCN1C(=O)C(Cl)Cl. The summed E-state index contributed by atoms with van der Waals surface area (Å²) in [6.45, 7) is 6.52. The van der Waals surface area contributed by atoms with Gasteiger partial charge in [0.1, 0.15) is 0 Å². The standard InChI is InChI=1S/C9H16Cl2N2O/c1-6(2)7-5-12-3-4-13(7)9(14)8(10)11/h6-8,12H,3-5H2,1-2H3. The third-order valence-corrected chi connectivity index (χ3v) is 2.90. The molecule has 0 aromatic heterocycles. The summed E-state index contributed by atoms with van der Waals surface area (Å²) in [6, 6.07) is 0.205. The number of carbonyl (C=O) groups excluding carboxylic acids is 1. The Balaban J connectivity index is 2.67. The first-order chi connectivity index (χ1) is 6.54. The third-order valence-electron chi connectivity index (χ3n) is 2.52. The van der Waals surface area contributed by atoms with Crippen molar-refractivity contribution in [1.82, 2.24) is 10.2 Å². The molecule has 1 atom stereocenters. The van der Waals surface area contributed by atoms with E-state index in [-0.39, 0.29) is 11.9 Å². The zero-order valence-corrected chi connectivity index (χ0v) is 9.98. The molecule has 14 heavy (non-hydrogen) atoms. The summed E-state index contributed by atoms with van der Waals surface area (Å²) in [5, 5.41) is 3.26. The molecule has 0 aliphatic carbocycles.